The molecular weight excluding hydrogens is 370 g/mol. The van der Waals surface area contributed by atoms with Gasteiger partial charge in [0.05, 0.1) is 13.0 Å². The van der Waals surface area contributed by atoms with Gasteiger partial charge in [-0.3, -0.25) is 14.1 Å². The predicted molar refractivity (Wildman–Crippen MR) is 100 cm³/mol. The number of hydrogen-bond acceptors (Lipinski definition) is 5. The molecule has 0 aliphatic heterocycles. The maximum absolute atomic E-state index is 11.5. The normalized spacial score (nSPS) is 11.8. The van der Waals surface area contributed by atoms with Gasteiger partial charge in [0, 0.05) is 0 Å². The van der Waals surface area contributed by atoms with Crippen LogP contribution in [0, 0.1) is 0 Å². The molecule has 0 aliphatic carbocycles. The number of unbranched alkanes of at least 4 members (excludes halogenated alkanes) is 8. The van der Waals surface area contributed by atoms with Gasteiger partial charge in [-0.25, -0.2) is 0 Å². The number of carbonyl (C=O) groups is 2. The van der Waals surface area contributed by atoms with Crippen LogP contribution in [0.2, 0.25) is 0 Å². The molecule has 1 atom stereocenters. The Morgan fingerprint density at radius 1 is 0.920 bits per heavy atom. The van der Waals surface area contributed by atoms with Gasteiger partial charge < -0.3 is 9.84 Å². The van der Waals surface area contributed by atoms with Crippen molar-refractivity contribution in [2.75, 3.05) is 6.61 Å². The van der Waals surface area contributed by atoms with Crippen molar-refractivity contribution in [2.24, 2.45) is 0 Å². The van der Waals surface area contributed by atoms with E-state index < -0.39 is 33.7 Å². The van der Waals surface area contributed by atoms with E-state index in [-0.39, 0.29) is 65.7 Å². The number of carbonyl (C=O) groups excluding carboxylic acids is 1. The molecule has 0 saturated heterocycles. The fraction of sp³-hybridized carbons (Fsp3) is 0.867. The molecule has 1 unspecified atom stereocenters. The van der Waals surface area contributed by atoms with Crippen molar-refractivity contribution in [3.05, 3.63) is 0 Å². The van der Waals surface area contributed by atoms with Gasteiger partial charge in [-0.2, -0.15) is 8.42 Å². The summed E-state index contributed by atoms with van der Waals surface area (Å²) in [5.41, 5.74) is 0. The first-order valence-electron chi connectivity index (χ1n) is 8.13. The third-order valence-electron chi connectivity index (χ3n) is 3.47. The number of aliphatic carboxylic acids is 1. The summed E-state index contributed by atoms with van der Waals surface area (Å²) in [6.45, 7) is 2.20. The summed E-state index contributed by atoms with van der Waals surface area (Å²) < 4.78 is 35.6. The molecule has 0 radical (unpaired) electrons. The zero-order valence-corrected chi connectivity index (χ0v) is 14.5. The van der Waals surface area contributed by atoms with Crippen molar-refractivity contribution in [1.29, 1.82) is 0 Å². The van der Waals surface area contributed by atoms with Gasteiger partial charge in [-0.05, 0) is 6.42 Å². The number of esters is 1. The Hall–Kier alpha value is 0.850. The van der Waals surface area contributed by atoms with Crippen molar-refractivity contribution in [2.45, 2.75) is 76.4 Å². The standard InChI is InChI=1S/C15H28O7S.2Na.2H/c1-2-3-4-5-6-7-8-9-10-11-22-15(18)13(12-14(16)17)23(19,20)21;;;;/h13H,2-12H2,1H3,(H,16,17)(H,19,20,21);;;;. The average molecular weight is 400 g/mol. The molecule has 10 heteroatoms. The Morgan fingerprint density at radius 3 is 1.76 bits per heavy atom. The molecule has 2 N–H and O–H groups in total. The molecule has 0 rings (SSSR count). The van der Waals surface area contributed by atoms with Gasteiger partial charge in [0.15, 0.2) is 5.25 Å². The third kappa shape index (κ3) is 18.0. The Kier molecular flexibility index (Phi) is 22.3. The van der Waals surface area contributed by atoms with Gasteiger partial charge in [0.25, 0.3) is 10.1 Å². The number of rotatable bonds is 14. The zero-order chi connectivity index (χ0) is 17.7. The third-order valence-corrected chi connectivity index (χ3v) is 4.55. The molecule has 0 heterocycles. The Labute approximate surface area is 195 Å². The van der Waals surface area contributed by atoms with E-state index in [0.29, 0.717) is 6.42 Å². The van der Waals surface area contributed by atoms with Crippen molar-refractivity contribution in [3.63, 3.8) is 0 Å². The molecule has 25 heavy (non-hydrogen) atoms. The van der Waals surface area contributed by atoms with E-state index in [9.17, 15) is 18.0 Å². The van der Waals surface area contributed by atoms with Crippen LogP contribution in [0.1, 0.15) is 71.1 Å². The van der Waals surface area contributed by atoms with Crippen LogP contribution in [0.15, 0.2) is 0 Å². The summed E-state index contributed by atoms with van der Waals surface area (Å²) in [6, 6.07) is 0. The van der Waals surface area contributed by atoms with Gasteiger partial charge in [-0.1, -0.05) is 58.3 Å². The molecule has 0 spiro atoms. The molecule has 0 fully saturated rings. The van der Waals surface area contributed by atoms with E-state index in [1.54, 1.807) is 0 Å². The van der Waals surface area contributed by atoms with Crippen LogP contribution in [0.5, 0.6) is 0 Å². The predicted octanol–water partition coefficient (Wildman–Crippen LogP) is 1.49. The Morgan fingerprint density at radius 2 is 1.36 bits per heavy atom. The van der Waals surface area contributed by atoms with Crippen LogP contribution in [0.25, 0.3) is 0 Å². The molecular formula is C15H30Na2O7S. The summed E-state index contributed by atoms with van der Waals surface area (Å²) >= 11 is 0. The van der Waals surface area contributed by atoms with Crippen LogP contribution in [0.3, 0.4) is 0 Å². The Balaban J connectivity index is -0.00000242. The minimum atomic E-state index is -4.78. The molecule has 0 aromatic heterocycles. The summed E-state index contributed by atoms with van der Waals surface area (Å²) in [6.07, 6.45) is 8.73. The quantitative estimate of drug-likeness (QED) is 0.196. The fourth-order valence-electron chi connectivity index (χ4n) is 2.15. The molecule has 0 aliphatic rings. The number of hydrogen-bond donors (Lipinski definition) is 2. The molecule has 0 aromatic carbocycles. The first-order valence-corrected chi connectivity index (χ1v) is 9.64. The zero-order valence-electron chi connectivity index (χ0n) is 13.7. The first-order chi connectivity index (χ1) is 10.8. The second-order valence-electron chi connectivity index (χ2n) is 5.60. The van der Waals surface area contributed by atoms with E-state index in [0.717, 1.165) is 19.3 Å². The van der Waals surface area contributed by atoms with Crippen molar-refractivity contribution in [3.8, 4) is 0 Å². The first kappa shape index (κ1) is 30.6. The van der Waals surface area contributed by atoms with Crippen LogP contribution >= 0.6 is 0 Å². The summed E-state index contributed by atoms with van der Waals surface area (Å²) in [5.74, 6) is -2.71. The van der Waals surface area contributed by atoms with Crippen LogP contribution in [0.4, 0.5) is 0 Å². The van der Waals surface area contributed by atoms with Crippen LogP contribution in [-0.4, -0.2) is 101 Å². The molecule has 7 nitrogen and oxygen atoms in total. The van der Waals surface area contributed by atoms with Gasteiger partial charge in [-0.15, -0.1) is 0 Å². The van der Waals surface area contributed by atoms with Crippen molar-refractivity contribution in [1.82, 2.24) is 0 Å². The minimum absolute atomic E-state index is 0. The number of ether oxygens (including phenoxy) is 1. The summed E-state index contributed by atoms with van der Waals surface area (Å²) in [7, 11) is -4.78. The average Bonchev–Trinajstić information content (AvgIpc) is 2.45. The molecule has 0 aromatic rings. The van der Waals surface area contributed by atoms with Gasteiger partial charge in [0.1, 0.15) is 0 Å². The number of carboxylic acids is 1. The van der Waals surface area contributed by atoms with Gasteiger partial charge in [0.2, 0.25) is 0 Å². The van der Waals surface area contributed by atoms with E-state index in [4.69, 9.17) is 14.4 Å². The maximum atomic E-state index is 11.5. The van der Waals surface area contributed by atoms with E-state index in [1.807, 2.05) is 0 Å². The summed E-state index contributed by atoms with van der Waals surface area (Å²) in [4.78, 5) is 22.1. The molecule has 140 valence electrons. The molecule has 0 amide bonds. The van der Waals surface area contributed by atoms with Gasteiger partial charge >= 0.3 is 71.1 Å². The van der Waals surface area contributed by atoms with Crippen molar-refractivity contribution >= 4 is 81.2 Å². The van der Waals surface area contributed by atoms with Crippen LogP contribution < -0.4 is 0 Å². The van der Waals surface area contributed by atoms with Crippen molar-refractivity contribution < 1.29 is 32.4 Å². The second kappa shape index (κ2) is 18.2. The van der Waals surface area contributed by atoms with Crippen LogP contribution in [-0.2, 0) is 24.4 Å². The topological polar surface area (TPSA) is 118 Å². The second-order valence-corrected chi connectivity index (χ2v) is 7.20. The van der Waals surface area contributed by atoms with E-state index >= 15 is 0 Å². The van der Waals surface area contributed by atoms with E-state index in [2.05, 4.69) is 6.92 Å². The fourth-order valence-corrected chi connectivity index (χ4v) is 2.81. The molecule has 0 bridgehead atoms. The Bertz CT molecular complexity index is 455. The number of carboxylic acid groups (broad SMARTS) is 1. The SMILES string of the molecule is CCCCCCCCCCCOC(=O)C(CC(=O)O)S(=O)(=O)O.[NaH].[NaH]. The summed E-state index contributed by atoms with van der Waals surface area (Å²) in [5, 5.41) is 6.50. The molecule has 0 saturated carbocycles. The monoisotopic (exact) mass is 400 g/mol. The van der Waals surface area contributed by atoms with E-state index in [1.165, 1.54) is 32.1 Å².